The van der Waals surface area contributed by atoms with E-state index in [4.69, 9.17) is 4.74 Å². The smallest absolute Gasteiger partial charge is 0.341 e. The average Bonchev–Trinajstić information content (AvgIpc) is 2.28. The lowest BCUT2D eigenvalue weighted by molar-refractivity contribution is -0.393. The molecule has 0 atom stereocenters. The lowest BCUT2D eigenvalue weighted by Crippen LogP contribution is -2.14. The monoisotopic (exact) mass is 269 g/mol. The summed E-state index contributed by atoms with van der Waals surface area (Å²) in [5.74, 6) is 0.0266. The van der Waals surface area contributed by atoms with E-state index in [0.717, 1.165) is 0 Å². The topological polar surface area (TPSA) is 108 Å². The number of anilines is 1. The van der Waals surface area contributed by atoms with Crippen molar-refractivity contribution >= 4 is 17.1 Å². The summed E-state index contributed by atoms with van der Waals surface area (Å²) in [5, 5.41) is 24.9. The van der Waals surface area contributed by atoms with Crippen molar-refractivity contribution in [1.82, 2.24) is 0 Å². The molecule has 0 aliphatic heterocycles. The van der Waals surface area contributed by atoms with Gasteiger partial charge >= 0.3 is 5.69 Å². The van der Waals surface area contributed by atoms with Crippen LogP contribution in [0, 0.1) is 27.2 Å². The van der Waals surface area contributed by atoms with Crippen LogP contribution in [0.5, 0.6) is 5.75 Å². The maximum Gasteiger partial charge on any atom is 0.341 e. The highest BCUT2D eigenvalue weighted by Gasteiger charge is 2.32. The molecule has 0 amide bonds. The maximum absolute atomic E-state index is 11.2. The normalized spacial score (nSPS) is 10.4. The quantitative estimate of drug-likeness (QED) is 0.650. The fourth-order valence-corrected chi connectivity index (χ4v) is 1.77. The van der Waals surface area contributed by atoms with Crippen molar-refractivity contribution in [2.24, 2.45) is 0 Å². The predicted molar refractivity (Wildman–Crippen MR) is 69.8 cm³/mol. The van der Waals surface area contributed by atoms with Gasteiger partial charge in [-0.25, -0.2) is 0 Å². The van der Waals surface area contributed by atoms with E-state index in [0.29, 0.717) is 5.56 Å². The largest absolute Gasteiger partial charge is 0.490 e. The molecule has 1 aromatic rings. The number of hydrogen-bond acceptors (Lipinski definition) is 6. The molecule has 1 N–H and O–H groups in total. The summed E-state index contributed by atoms with van der Waals surface area (Å²) >= 11 is 0. The van der Waals surface area contributed by atoms with Crippen LogP contribution < -0.4 is 10.1 Å². The minimum absolute atomic E-state index is 0.0266. The molecule has 0 aromatic heterocycles. The van der Waals surface area contributed by atoms with Crippen molar-refractivity contribution in [2.75, 3.05) is 12.4 Å². The summed E-state index contributed by atoms with van der Waals surface area (Å²) in [7, 11) is 1.29. The first-order valence-corrected chi connectivity index (χ1v) is 5.56. The first-order valence-electron chi connectivity index (χ1n) is 5.56. The Hall–Kier alpha value is -2.38. The molecule has 0 radical (unpaired) electrons. The highest BCUT2D eigenvalue weighted by Crippen LogP contribution is 2.44. The zero-order valence-corrected chi connectivity index (χ0v) is 11.1. The molecule has 0 unspecified atom stereocenters. The molecule has 0 aliphatic rings. The Balaban J connectivity index is 3.68. The molecule has 1 aromatic carbocycles. The third kappa shape index (κ3) is 2.90. The van der Waals surface area contributed by atoms with E-state index in [1.165, 1.54) is 20.1 Å². The highest BCUT2D eigenvalue weighted by molar-refractivity contribution is 5.80. The average molecular weight is 269 g/mol. The van der Waals surface area contributed by atoms with Crippen molar-refractivity contribution in [3.8, 4) is 5.75 Å². The Morgan fingerprint density at radius 1 is 1.26 bits per heavy atom. The van der Waals surface area contributed by atoms with Gasteiger partial charge in [-0.3, -0.25) is 20.2 Å². The fourth-order valence-electron chi connectivity index (χ4n) is 1.77. The van der Waals surface area contributed by atoms with Gasteiger partial charge in [-0.05, 0) is 20.8 Å². The second kappa shape index (κ2) is 5.51. The maximum atomic E-state index is 11.2. The molecule has 1 rings (SSSR count). The number of rotatable bonds is 5. The van der Waals surface area contributed by atoms with Gasteiger partial charge in [-0.1, -0.05) is 0 Å². The molecular weight excluding hydrogens is 254 g/mol. The van der Waals surface area contributed by atoms with E-state index in [1.807, 2.05) is 0 Å². The molecule has 0 saturated heterocycles. The summed E-state index contributed by atoms with van der Waals surface area (Å²) < 4.78 is 4.99. The SMILES string of the molecule is COc1c(C)cc([N+](=O)[O-])c(NC(C)C)c1[N+](=O)[O-]. The number of nitrogens with one attached hydrogen (secondary N) is 1. The Kier molecular flexibility index (Phi) is 4.26. The molecule has 104 valence electrons. The van der Waals surface area contributed by atoms with Crippen molar-refractivity contribution < 1.29 is 14.6 Å². The lowest BCUT2D eigenvalue weighted by Gasteiger charge is -2.14. The van der Waals surface area contributed by atoms with Gasteiger partial charge in [0, 0.05) is 17.7 Å². The van der Waals surface area contributed by atoms with Crippen molar-refractivity contribution in [3.63, 3.8) is 0 Å². The van der Waals surface area contributed by atoms with E-state index < -0.39 is 15.5 Å². The molecule has 0 fully saturated rings. The van der Waals surface area contributed by atoms with Crippen molar-refractivity contribution in [1.29, 1.82) is 0 Å². The second-order valence-corrected chi connectivity index (χ2v) is 4.28. The van der Waals surface area contributed by atoms with Crippen LogP contribution in [-0.2, 0) is 0 Å². The van der Waals surface area contributed by atoms with E-state index in [2.05, 4.69) is 5.32 Å². The van der Waals surface area contributed by atoms with Gasteiger partial charge in [0.05, 0.1) is 17.0 Å². The number of methoxy groups -OCH3 is 1. The highest BCUT2D eigenvalue weighted by atomic mass is 16.6. The van der Waals surface area contributed by atoms with Crippen LogP contribution in [0.3, 0.4) is 0 Å². The van der Waals surface area contributed by atoms with Crippen LogP contribution in [0.4, 0.5) is 17.1 Å². The third-order valence-electron chi connectivity index (χ3n) is 2.44. The molecular formula is C11H15N3O5. The number of nitro benzene ring substituents is 2. The second-order valence-electron chi connectivity index (χ2n) is 4.28. The van der Waals surface area contributed by atoms with Gasteiger partial charge in [-0.15, -0.1) is 0 Å². The Morgan fingerprint density at radius 3 is 2.21 bits per heavy atom. The van der Waals surface area contributed by atoms with Gasteiger partial charge in [-0.2, -0.15) is 0 Å². The number of benzene rings is 1. The van der Waals surface area contributed by atoms with Crippen LogP contribution in [-0.4, -0.2) is 23.0 Å². The number of hydrogen-bond donors (Lipinski definition) is 1. The van der Waals surface area contributed by atoms with Gasteiger partial charge in [0.1, 0.15) is 0 Å². The number of aryl methyl sites for hydroxylation is 1. The van der Waals surface area contributed by atoms with Crippen molar-refractivity contribution in [3.05, 3.63) is 31.9 Å². The summed E-state index contributed by atoms with van der Waals surface area (Å²) in [4.78, 5) is 20.9. The zero-order valence-electron chi connectivity index (χ0n) is 11.1. The molecule has 0 bridgehead atoms. The molecule has 8 heteroatoms. The standard InChI is InChI=1S/C11H15N3O5/c1-6(2)12-9-8(13(15)16)5-7(3)11(19-4)10(9)14(17)18/h5-6,12H,1-4H3. The molecule has 0 heterocycles. The fraction of sp³-hybridized carbons (Fsp3) is 0.455. The van der Waals surface area contributed by atoms with Crippen LogP contribution in [0.15, 0.2) is 6.07 Å². The molecule has 0 aliphatic carbocycles. The minimum atomic E-state index is -0.677. The first kappa shape index (κ1) is 14.7. The Labute approximate surface area is 109 Å². The van der Waals surface area contributed by atoms with Crippen molar-refractivity contribution in [2.45, 2.75) is 26.8 Å². The third-order valence-corrected chi connectivity index (χ3v) is 2.44. The van der Waals surface area contributed by atoms with E-state index >= 15 is 0 Å². The zero-order chi connectivity index (χ0) is 14.7. The molecule has 0 saturated carbocycles. The summed E-state index contributed by atoms with van der Waals surface area (Å²) in [6, 6.07) is 1.07. The Morgan fingerprint density at radius 2 is 1.84 bits per heavy atom. The summed E-state index contributed by atoms with van der Waals surface area (Å²) in [5.41, 5.74) is -0.538. The summed E-state index contributed by atoms with van der Waals surface area (Å²) in [6.07, 6.45) is 0. The summed E-state index contributed by atoms with van der Waals surface area (Å²) in [6.45, 7) is 5.00. The van der Waals surface area contributed by atoms with Crippen LogP contribution in [0.2, 0.25) is 0 Å². The van der Waals surface area contributed by atoms with E-state index in [9.17, 15) is 20.2 Å². The molecule has 8 nitrogen and oxygen atoms in total. The number of nitrogens with zero attached hydrogens (tertiary/aromatic N) is 2. The lowest BCUT2D eigenvalue weighted by atomic mass is 10.1. The minimum Gasteiger partial charge on any atom is -0.490 e. The number of nitro groups is 2. The van der Waals surface area contributed by atoms with E-state index in [1.54, 1.807) is 13.8 Å². The van der Waals surface area contributed by atoms with Gasteiger partial charge in [0.2, 0.25) is 5.75 Å². The molecule has 0 spiro atoms. The van der Waals surface area contributed by atoms with Crippen LogP contribution in [0.1, 0.15) is 19.4 Å². The first-order chi connectivity index (χ1) is 8.79. The van der Waals surface area contributed by atoms with Crippen LogP contribution >= 0.6 is 0 Å². The van der Waals surface area contributed by atoms with Gasteiger partial charge in [0.15, 0.2) is 5.69 Å². The van der Waals surface area contributed by atoms with Gasteiger partial charge < -0.3 is 10.1 Å². The van der Waals surface area contributed by atoms with Gasteiger partial charge in [0.25, 0.3) is 5.69 Å². The predicted octanol–water partition coefficient (Wildman–Crippen LogP) is 2.64. The molecule has 19 heavy (non-hydrogen) atoms. The van der Waals surface area contributed by atoms with E-state index in [-0.39, 0.29) is 23.2 Å². The number of ether oxygens (including phenoxy) is 1. The Bertz CT molecular complexity index is 528. The van der Waals surface area contributed by atoms with Crippen LogP contribution in [0.25, 0.3) is 0 Å².